The molecule has 14 heavy (non-hydrogen) atoms. The van der Waals surface area contributed by atoms with Crippen molar-refractivity contribution in [3.05, 3.63) is 0 Å². The van der Waals surface area contributed by atoms with Crippen LogP contribution >= 0.6 is 0 Å². The van der Waals surface area contributed by atoms with E-state index in [2.05, 4.69) is 25.7 Å². The summed E-state index contributed by atoms with van der Waals surface area (Å²) in [4.78, 5) is 2.64. The number of hydrogen-bond acceptors (Lipinski definition) is 2. The zero-order valence-corrected chi connectivity index (χ0v) is 9.79. The standard InChI is InChI=1S/C12H24N2/c1-4-10(9(2)3)14-7-11(13)12(8-14)5-6-12/h9-11H,4-8,13H2,1-3H3/t10?,11-/m1/s1. The molecule has 1 saturated carbocycles. The van der Waals surface area contributed by atoms with E-state index in [0.717, 1.165) is 18.5 Å². The van der Waals surface area contributed by atoms with Crippen molar-refractivity contribution in [2.24, 2.45) is 17.1 Å². The summed E-state index contributed by atoms with van der Waals surface area (Å²) < 4.78 is 0. The van der Waals surface area contributed by atoms with Crippen LogP contribution in [-0.2, 0) is 0 Å². The normalized spacial score (nSPS) is 32.8. The van der Waals surface area contributed by atoms with E-state index in [1.54, 1.807) is 0 Å². The summed E-state index contributed by atoms with van der Waals surface area (Å²) in [5, 5.41) is 0. The molecule has 2 nitrogen and oxygen atoms in total. The van der Waals surface area contributed by atoms with Gasteiger partial charge < -0.3 is 5.73 Å². The number of nitrogens with zero attached hydrogens (tertiary/aromatic N) is 1. The fourth-order valence-corrected chi connectivity index (χ4v) is 3.13. The molecule has 82 valence electrons. The van der Waals surface area contributed by atoms with Gasteiger partial charge >= 0.3 is 0 Å². The van der Waals surface area contributed by atoms with Crippen LogP contribution in [0.3, 0.4) is 0 Å². The Labute approximate surface area is 87.8 Å². The minimum Gasteiger partial charge on any atom is -0.326 e. The molecule has 2 rings (SSSR count). The van der Waals surface area contributed by atoms with Gasteiger partial charge in [-0.3, -0.25) is 4.90 Å². The van der Waals surface area contributed by atoms with Gasteiger partial charge in [-0.15, -0.1) is 0 Å². The predicted molar refractivity (Wildman–Crippen MR) is 60.1 cm³/mol. The minimum absolute atomic E-state index is 0.454. The highest BCUT2D eigenvalue weighted by atomic mass is 15.2. The van der Waals surface area contributed by atoms with Crippen LogP contribution in [0.2, 0.25) is 0 Å². The molecule has 1 aliphatic carbocycles. The third-order valence-electron chi connectivity index (χ3n) is 4.28. The summed E-state index contributed by atoms with van der Waals surface area (Å²) in [6, 6.07) is 1.20. The highest BCUT2D eigenvalue weighted by Gasteiger charge is 2.54. The van der Waals surface area contributed by atoms with Crippen molar-refractivity contribution in [3.8, 4) is 0 Å². The Morgan fingerprint density at radius 2 is 2.07 bits per heavy atom. The lowest BCUT2D eigenvalue weighted by Gasteiger charge is -2.30. The van der Waals surface area contributed by atoms with Crippen LogP contribution in [0.4, 0.5) is 0 Å². The first-order valence-electron chi connectivity index (χ1n) is 6.08. The Bertz CT molecular complexity index is 208. The van der Waals surface area contributed by atoms with Gasteiger partial charge in [0.15, 0.2) is 0 Å². The Hall–Kier alpha value is -0.0800. The molecule has 0 radical (unpaired) electrons. The van der Waals surface area contributed by atoms with Crippen LogP contribution in [0, 0.1) is 11.3 Å². The first-order chi connectivity index (χ1) is 6.59. The van der Waals surface area contributed by atoms with Crippen molar-refractivity contribution in [1.82, 2.24) is 4.90 Å². The van der Waals surface area contributed by atoms with Gasteiger partial charge in [-0.2, -0.15) is 0 Å². The van der Waals surface area contributed by atoms with Crippen LogP contribution in [0.15, 0.2) is 0 Å². The Balaban J connectivity index is 1.99. The molecule has 2 heteroatoms. The van der Waals surface area contributed by atoms with E-state index in [1.807, 2.05) is 0 Å². The maximum absolute atomic E-state index is 6.22. The molecular weight excluding hydrogens is 172 g/mol. The molecule has 2 atom stereocenters. The van der Waals surface area contributed by atoms with Crippen LogP contribution in [-0.4, -0.2) is 30.1 Å². The number of hydrogen-bond donors (Lipinski definition) is 1. The van der Waals surface area contributed by atoms with Gasteiger partial charge in [0.1, 0.15) is 0 Å². The summed E-state index contributed by atoms with van der Waals surface area (Å²) in [5.41, 5.74) is 6.76. The predicted octanol–water partition coefficient (Wildman–Crippen LogP) is 1.84. The quantitative estimate of drug-likeness (QED) is 0.746. The maximum Gasteiger partial charge on any atom is 0.0237 e. The van der Waals surface area contributed by atoms with Gasteiger partial charge in [0.25, 0.3) is 0 Å². The highest BCUT2D eigenvalue weighted by Crippen LogP contribution is 2.52. The van der Waals surface area contributed by atoms with Crippen molar-refractivity contribution >= 4 is 0 Å². The maximum atomic E-state index is 6.22. The van der Waals surface area contributed by atoms with Gasteiger partial charge in [0, 0.05) is 25.2 Å². The van der Waals surface area contributed by atoms with E-state index < -0.39 is 0 Å². The van der Waals surface area contributed by atoms with Crippen LogP contribution in [0.1, 0.15) is 40.0 Å². The largest absolute Gasteiger partial charge is 0.326 e. The fraction of sp³-hybridized carbons (Fsp3) is 1.00. The van der Waals surface area contributed by atoms with E-state index >= 15 is 0 Å². The Morgan fingerprint density at radius 3 is 2.43 bits per heavy atom. The number of nitrogens with two attached hydrogens (primary N) is 1. The van der Waals surface area contributed by atoms with Gasteiger partial charge in [0.05, 0.1) is 0 Å². The fourth-order valence-electron chi connectivity index (χ4n) is 3.13. The lowest BCUT2D eigenvalue weighted by molar-refractivity contribution is 0.177. The molecule has 0 bridgehead atoms. The smallest absolute Gasteiger partial charge is 0.0237 e. The van der Waals surface area contributed by atoms with E-state index in [0.29, 0.717) is 11.5 Å². The molecule has 0 aromatic carbocycles. The molecule has 0 aromatic heterocycles. The number of likely N-dealkylation sites (tertiary alicyclic amines) is 1. The summed E-state index contributed by atoms with van der Waals surface area (Å²) in [6.07, 6.45) is 4.01. The molecule has 0 aromatic rings. The average molecular weight is 196 g/mol. The lowest BCUT2D eigenvalue weighted by atomic mass is 10.00. The van der Waals surface area contributed by atoms with Gasteiger partial charge in [0.2, 0.25) is 0 Å². The Kier molecular flexibility index (Phi) is 2.61. The monoisotopic (exact) mass is 196 g/mol. The summed E-state index contributed by atoms with van der Waals surface area (Å²) >= 11 is 0. The molecule has 1 unspecified atom stereocenters. The van der Waals surface area contributed by atoms with Gasteiger partial charge in [-0.05, 0) is 30.6 Å². The summed E-state index contributed by atoms with van der Waals surface area (Å²) in [6.45, 7) is 9.37. The lowest BCUT2D eigenvalue weighted by Crippen LogP contribution is -2.38. The zero-order chi connectivity index (χ0) is 10.3. The molecule has 1 saturated heterocycles. The molecular formula is C12H24N2. The second-order valence-electron chi connectivity index (χ2n) is 5.62. The third kappa shape index (κ3) is 1.59. The molecule has 1 aliphatic heterocycles. The first-order valence-corrected chi connectivity index (χ1v) is 6.08. The molecule has 2 aliphatic rings. The van der Waals surface area contributed by atoms with Crippen LogP contribution in [0.25, 0.3) is 0 Å². The second kappa shape index (κ2) is 3.49. The van der Waals surface area contributed by atoms with E-state index in [-0.39, 0.29) is 0 Å². The molecule has 2 fully saturated rings. The number of rotatable bonds is 3. The molecule has 0 amide bonds. The summed E-state index contributed by atoms with van der Waals surface area (Å²) in [7, 11) is 0. The Morgan fingerprint density at radius 1 is 1.43 bits per heavy atom. The van der Waals surface area contributed by atoms with E-state index in [9.17, 15) is 0 Å². The van der Waals surface area contributed by atoms with Gasteiger partial charge in [-0.1, -0.05) is 20.8 Å². The third-order valence-corrected chi connectivity index (χ3v) is 4.28. The van der Waals surface area contributed by atoms with Crippen LogP contribution in [0.5, 0.6) is 0 Å². The highest BCUT2D eigenvalue weighted by molar-refractivity contribution is 5.09. The van der Waals surface area contributed by atoms with Crippen molar-refractivity contribution in [1.29, 1.82) is 0 Å². The molecule has 1 heterocycles. The van der Waals surface area contributed by atoms with Crippen molar-refractivity contribution in [3.63, 3.8) is 0 Å². The first kappa shape index (κ1) is 10.4. The SMILES string of the molecule is CCC(C(C)C)N1C[C@@H](N)C2(CC2)C1. The average Bonchev–Trinajstić information content (AvgIpc) is 2.78. The summed E-state index contributed by atoms with van der Waals surface area (Å²) in [5.74, 6) is 0.765. The second-order valence-corrected chi connectivity index (χ2v) is 5.62. The topological polar surface area (TPSA) is 29.3 Å². The van der Waals surface area contributed by atoms with E-state index in [1.165, 1.54) is 25.8 Å². The van der Waals surface area contributed by atoms with Crippen LogP contribution < -0.4 is 5.73 Å². The zero-order valence-electron chi connectivity index (χ0n) is 9.79. The molecule has 1 spiro atoms. The van der Waals surface area contributed by atoms with Crippen molar-refractivity contribution in [2.75, 3.05) is 13.1 Å². The molecule has 2 N–H and O–H groups in total. The van der Waals surface area contributed by atoms with Crippen molar-refractivity contribution < 1.29 is 0 Å². The van der Waals surface area contributed by atoms with Gasteiger partial charge in [-0.25, -0.2) is 0 Å². The van der Waals surface area contributed by atoms with Crippen molar-refractivity contribution in [2.45, 2.75) is 52.1 Å². The minimum atomic E-state index is 0.454. The van der Waals surface area contributed by atoms with E-state index in [4.69, 9.17) is 5.73 Å².